The average Bonchev–Trinajstić information content (AvgIpc) is 2.81. The predicted molar refractivity (Wildman–Crippen MR) is 74.9 cm³/mol. The summed E-state index contributed by atoms with van der Waals surface area (Å²) in [4.78, 5) is 15.1. The normalized spacial score (nSPS) is 26.1. The second kappa shape index (κ2) is 5.85. The number of aliphatic carboxylic acids is 1. The van der Waals surface area contributed by atoms with Gasteiger partial charge in [0.2, 0.25) is 0 Å². The fourth-order valence-corrected chi connectivity index (χ4v) is 3.11. The summed E-state index contributed by atoms with van der Waals surface area (Å²) in [6, 6.07) is -0.156. The van der Waals surface area contributed by atoms with Gasteiger partial charge in [-0.25, -0.2) is 9.99 Å². The second-order valence-corrected chi connectivity index (χ2v) is 5.90. The maximum atomic E-state index is 10.8. The topological polar surface area (TPSA) is 91.5 Å². The number of piperidine rings is 1. The molecule has 6 nitrogen and oxygen atoms in total. The highest BCUT2D eigenvalue weighted by Crippen LogP contribution is 2.26. The van der Waals surface area contributed by atoms with E-state index in [1.165, 1.54) is 17.8 Å². The molecular weight excluding hydrogens is 264 g/mol. The van der Waals surface area contributed by atoms with Gasteiger partial charge >= 0.3 is 5.97 Å². The fourth-order valence-electron chi connectivity index (χ4n) is 2.36. The Balaban J connectivity index is 2.05. The molecule has 7 heteroatoms. The first-order valence-electron chi connectivity index (χ1n) is 6.48. The van der Waals surface area contributed by atoms with E-state index in [1.54, 1.807) is 5.38 Å². The molecule has 3 unspecified atom stereocenters. The predicted octanol–water partition coefficient (Wildman–Crippen LogP) is 1.82. The Morgan fingerprint density at radius 2 is 2.21 bits per heavy atom. The zero-order valence-electron chi connectivity index (χ0n) is 11.2. The number of carbonyl (C=O) groups is 1. The Bertz CT molecular complexity index is 441. The first-order valence-corrected chi connectivity index (χ1v) is 7.35. The van der Waals surface area contributed by atoms with E-state index in [2.05, 4.69) is 29.3 Å². The highest BCUT2D eigenvalue weighted by atomic mass is 32.1. The molecule has 0 spiro atoms. The highest BCUT2D eigenvalue weighted by molar-refractivity contribution is 7.13. The van der Waals surface area contributed by atoms with Crippen LogP contribution in [0.5, 0.6) is 0 Å². The minimum absolute atomic E-state index is 0.400. The summed E-state index contributed by atoms with van der Waals surface area (Å²) in [5, 5.41) is 13.4. The van der Waals surface area contributed by atoms with E-state index in [1.807, 2.05) is 0 Å². The first-order chi connectivity index (χ1) is 8.99. The van der Waals surface area contributed by atoms with Crippen LogP contribution in [0, 0.1) is 0 Å². The van der Waals surface area contributed by atoms with Crippen LogP contribution in [-0.4, -0.2) is 33.2 Å². The van der Waals surface area contributed by atoms with Gasteiger partial charge in [-0.05, 0) is 26.7 Å². The number of nitrogens with two attached hydrogens (primary N) is 1. The number of carboxylic acids is 1. The third-order valence-electron chi connectivity index (χ3n) is 3.52. The minimum atomic E-state index is -1.06. The van der Waals surface area contributed by atoms with Gasteiger partial charge in [-0.3, -0.25) is 10.2 Å². The van der Waals surface area contributed by atoms with E-state index in [9.17, 15) is 4.79 Å². The van der Waals surface area contributed by atoms with Crippen LogP contribution >= 0.6 is 11.3 Å². The summed E-state index contributed by atoms with van der Waals surface area (Å²) in [6.45, 7) is 4.36. The average molecular weight is 284 g/mol. The van der Waals surface area contributed by atoms with Crippen LogP contribution in [0.25, 0.3) is 0 Å². The Morgan fingerprint density at radius 1 is 1.58 bits per heavy atom. The van der Waals surface area contributed by atoms with E-state index in [0.29, 0.717) is 22.9 Å². The van der Waals surface area contributed by atoms with Gasteiger partial charge in [0, 0.05) is 17.5 Å². The maximum absolute atomic E-state index is 10.8. The number of rotatable bonds is 4. The van der Waals surface area contributed by atoms with Crippen LogP contribution in [0.3, 0.4) is 0 Å². The number of hydrogen-bond acceptors (Lipinski definition) is 6. The van der Waals surface area contributed by atoms with Crippen molar-refractivity contribution in [2.75, 3.05) is 5.43 Å². The maximum Gasteiger partial charge on any atom is 0.326 e. The van der Waals surface area contributed by atoms with Gasteiger partial charge in [-0.1, -0.05) is 6.42 Å². The second-order valence-electron chi connectivity index (χ2n) is 5.04. The molecule has 1 aliphatic rings. The molecule has 0 amide bonds. The molecule has 4 N–H and O–H groups in total. The summed E-state index contributed by atoms with van der Waals surface area (Å²) in [5.74, 6) is -1.06. The smallest absolute Gasteiger partial charge is 0.326 e. The van der Waals surface area contributed by atoms with E-state index in [4.69, 9.17) is 10.8 Å². The van der Waals surface area contributed by atoms with Crippen molar-refractivity contribution in [3.63, 3.8) is 0 Å². The number of hydrogen-bond donors (Lipinski definition) is 3. The Hall–Kier alpha value is -1.18. The summed E-state index contributed by atoms with van der Waals surface area (Å²) < 4.78 is 0. The number of hydrazine groups is 1. The quantitative estimate of drug-likeness (QED) is 0.781. The van der Waals surface area contributed by atoms with Crippen molar-refractivity contribution in [1.29, 1.82) is 0 Å². The highest BCUT2D eigenvalue weighted by Gasteiger charge is 2.26. The zero-order chi connectivity index (χ0) is 14.0. The third kappa shape index (κ3) is 3.23. The van der Waals surface area contributed by atoms with E-state index in [0.717, 1.165) is 12.8 Å². The van der Waals surface area contributed by atoms with Crippen molar-refractivity contribution in [3.05, 3.63) is 11.1 Å². The molecule has 19 heavy (non-hydrogen) atoms. The molecule has 2 heterocycles. The lowest BCUT2D eigenvalue weighted by Gasteiger charge is -2.38. The van der Waals surface area contributed by atoms with E-state index >= 15 is 0 Å². The molecule has 0 aromatic carbocycles. The number of nitrogens with one attached hydrogen (secondary N) is 1. The number of thiazole rings is 1. The van der Waals surface area contributed by atoms with Crippen LogP contribution < -0.4 is 11.2 Å². The monoisotopic (exact) mass is 284 g/mol. The van der Waals surface area contributed by atoms with Crippen LogP contribution in [0.2, 0.25) is 0 Å². The Labute approximate surface area is 116 Å². The van der Waals surface area contributed by atoms with Crippen LogP contribution in [0.15, 0.2) is 5.38 Å². The van der Waals surface area contributed by atoms with Crippen molar-refractivity contribution in [1.82, 2.24) is 9.99 Å². The molecule has 106 valence electrons. The Kier molecular flexibility index (Phi) is 4.38. The van der Waals surface area contributed by atoms with Gasteiger partial charge in [0.15, 0.2) is 5.13 Å². The summed E-state index contributed by atoms with van der Waals surface area (Å²) in [7, 11) is 0. The summed E-state index contributed by atoms with van der Waals surface area (Å²) in [5.41, 5.74) is 9.23. The van der Waals surface area contributed by atoms with Gasteiger partial charge < -0.3 is 10.8 Å². The van der Waals surface area contributed by atoms with Crippen molar-refractivity contribution in [3.8, 4) is 0 Å². The molecule has 1 aliphatic heterocycles. The number of carboxylic acid groups (broad SMARTS) is 1. The molecule has 1 aromatic heterocycles. The SMILES string of the molecule is CC1CCCC(C)N1Nc1nc(C(N)C(=O)O)cs1. The first kappa shape index (κ1) is 14.2. The van der Waals surface area contributed by atoms with Crippen molar-refractivity contribution < 1.29 is 9.90 Å². The van der Waals surface area contributed by atoms with Crippen molar-refractivity contribution in [2.45, 2.75) is 51.2 Å². The Morgan fingerprint density at radius 3 is 2.79 bits per heavy atom. The molecule has 0 bridgehead atoms. The molecule has 1 fully saturated rings. The largest absolute Gasteiger partial charge is 0.480 e. The van der Waals surface area contributed by atoms with E-state index < -0.39 is 12.0 Å². The van der Waals surface area contributed by atoms with Crippen LogP contribution in [0.1, 0.15) is 44.8 Å². The van der Waals surface area contributed by atoms with Gasteiger partial charge in [0.1, 0.15) is 6.04 Å². The van der Waals surface area contributed by atoms with Crippen LogP contribution in [-0.2, 0) is 4.79 Å². The van der Waals surface area contributed by atoms with E-state index in [-0.39, 0.29) is 0 Å². The molecule has 0 radical (unpaired) electrons. The molecule has 1 saturated heterocycles. The summed E-state index contributed by atoms with van der Waals surface area (Å²) >= 11 is 1.39. The molecule has 3 atom stereocenters. The molecule has 0 saturated carbocycles. The minimum Gasteiger partial charge on any atom is -0.480 e. The third-order valence-corrected chi connectivity index (χ3v) is 4.29. The molecule has 0 aliphatic carbocycles. The lowest BCUT2D eigenvalue weighted by molar-refractivity contribution is -0.138. The fraction of sp³-hybridized carbons (Fsp3) is 0.667. The van der Waals surface area contributed by atoms with Crippen LogP contribution in [0.4, 0.5) is 5.13 Å². The van der Waals surface area contributed by atoms with Crippen molar-refractivity contribution >= 4 is 22.4 Å². The standard InChI is InChI=1S/C12H20N4O2S/c1-7-4-3-5-8(2)16(7)15-12-14-9(6-19-12)10(13)11(17)18/h6-8,10H,3-5,13H2,1-2H3,(H,14,15)(H,17,18). The lowest BCUT2D eigenvalue weighted by Crippen LogP contribution is -2.47. The molecular formula is C12H20N4O2S. The number of anilines is 1. The molecule has 1 aromatic rings. The van der Waals surface area contributed by atoms with Gasteiger partial charge in [0.05, 0.1) is 5.69 Å². The zero-order valence-corrected chi connectivity index (χ0v) is 12.0. The number of aromatic nitrogens is 1. The summed E-state index contributed by atoms with van der Waals surface area (Å²) in [6.07, 6.45) is 3.56. The van der Waals surface area contributed by atoms with Crippen molar-refractivity contribution in [2.24, 2.45) is 5.73 Å². The lowest BCUT2D eigenvalue weighted by atomic mass is 10.00. The number of nitrogens with zero attached hydrogens (tertiary/aromatic N) is 2. The van der Waals surface area contributed by atoms with Gasteiger partial charge in [-0.2, -0.15) is 0 Å². The van der Waals surface area contributed by atoms with Gasteiger partial charge in [0.25, 0.3) is 0 Å². The molecule has 2 rings (SSSR count). The van der Waals surface area contributed by atoms with Gasteiger partial charge in [-0.15, -0.1) is 11.3 Å².